The molecule has 0 saturated carbocycles. The highest BCUT2D eigenvalue weighted by Gasteiger charge is 2.17. The molecule has 0 fully saturated rings. The van der Waals surface area contributed by atoms with Crippen molar-refractivity contribution in [3.63, 3.8) is 0 Å². The monoisotopic (exact) mass is 312 g/mol. The van der Waals surface area contributed by atoms with Gasteiger partial charge in [0, 0.05) is 17.8 Å². The molecule has 5 nitrogen and oxygen atoms in total. The Morgan fingerprint density at radius 2 is 2.04 bits per heavy atom. The molecule has 1 amide bonds. The first-order valence-corrected chi connectivity index (χ1v) is 7.49. The third-order valence-corrected chi connectivity index (χ3v) is 3.78. The van der Waals surface area contributed by atoms with Crippen LogP contribution in [-0.4, -0.2) is 26.5 Å². The Labute approximate surface area is 133 Å². The highest BCUT2D eigenvalue weighted by Crippen LogP contribution is 2.21. The maximum atomic E-state index is 13.1. The lowest BCUT2D eigenvalue weighted by atomic mass is 10.1. The summed E-state index contributed by atoms with van der Waals surface area (Å²) >= 11 is 0. The Hall–Kier alpha value is -2.76. The fraction of sp³-hybridized carbons (Fsp3) is 0.235. The lowest BCUT2D eigenvalue weighted by molar-refractivity contribution is 0.0940. The molecule has 23 heavy (non-hydrogen) atoms. The van der Waals surface area contributed by atoms with E-state index in [-0.39, 0.29) is 17.8 Å². The lowest BCUT2D eigenvalue weighted by Gasteiger charge is -2.10. The van der Waals surface area contributed by atoms with E-state index in [4.69, 9.17) is 0 Å². The van der Waals surface area contributed by atoms with E-state index in [1.807, 2.05) is 13.8 Å². The zero-order chi connectivity index (χ0) is 16.4. The second kappa shape index (κ2) is 6.16. The van der Waals surface area contributed by atoms with Crippen LogP contribution in [0.25, 0.3) is 16.9 Å². The number of nitrogens with zero attached hydrogens (tertiary/aromatic N) is 3. The predicted molar refractivity (Wildman–Crippen MR) is 85.6 cm³/mol. The van der Waals surface area contributed by atoms with Crippen molar-refractivity contribution in [1.29, 1.82) is 0 Å². The van der Waals surface area contributed by atoms with Crippen LogP contribution >= 0.6 is 0 Å². The van der Waals surface area contributed by atoms with Crippen LogP contribution in [0.5, 0.6) is 0 Å². The fourth-order valence-electron chi connectivity index (χ4n) is 2.29. The number of hydrogen-bond acceptors (Lipinski definition) is 3. The van der Waals surface area contributed by atoms with Crippen LogP contribution in [0.15, 0.2) is 42.7 Å². The average molecular weight is 312 g/mol. The Morgan fingerprint density at radius 3 is 2.74 bits per heavy atom. The van der Waals surface area contributed by atoms with E-state index in [2.05, 4.69) is 15.4 Å². The number of carbonyl (C=O) groups is 1. The van der Waals surface area contributed by atoms with E-state index in [1.54, 1.807) is 28.9 Å². The van der Waals surface area contributed by atoms with E-state index in [1.165, 1.54) is 18.3 Å². The number of benzene rings is 1. The summed E-state index contributed by atoms with van der Waals surface area (Å²) in [5, 5.41) is 7.18. The van der Waals surface area contributed by atoms with Gasteiger partial charge in [0.1, 0.15) is 11.4 Å². The molecule has 118 valence electrons. The minimum absolute atomic E-state index is 0.0812. The van der Waals surface area contributed by atoms with Crippen LogP contribution in [-0.2, 0) is 0 Å². The molecule has 0 aliphatic heterocycles. The lowest BCUT2D eigenvalue weighted by Crippen LogP contribution is -2.31. The molecule has 3 rings (SSSR count). The van der Waals surface area contributed by atoms with Crippen LogP contribution in [0.3, 0.4) is 0 Å². The number of carbonyl (C=O) groups excluding carboxylic acids is 1. The summed E-state index contributed by atoms with van der Waals surface area (Å²) in [6.07, 6.45) is 3.97. The zero-order valence-corrected chi connectivity index (χ0v) is 13.0. The van der Waals surface area contributed by atoms with Crippen LogP contribution < -0.4 is 5.32 Å². The van der Waals surface area contributed by atoms with Crippen molar-refractivity contribution < 1.29 is 9.18 Å². The van der Waals surface area contributed by atoms with Crippen LogP contribution in [0, 0.1) is 5.82 Å². The van der Waals surface area contributed by atoms with Gasteiger partial charge in [0.05, 0.1) is 11.9 Å². The highest BCUT2D eigenvalue weighted by molar-refractivity contribution is 6.00. The van der Waals surface area contributed by atoms with Gasteiger partial charge in [-0.15, -0.1) is 0 Å². The molecule has 0 aliphatic carbocycles. The first kappa shape index (κ1) is 15.1. The SMILES string of the molecule is CC[C@H](C)NC(=O)c1cnn2c(-c3ccc(F)cc3)ccnc12. The minimum Gasteiger partial charge on any atom is -0.349 e. The van der Waals surface area contributed by atoms with Crippen molar-refractivity contribution in [2.75, 3.05) is 0 Å². The normalized spacial score (nSPS) is 12.3. The summed E-state index contributed by atoms with van der Waals surface area (Å²) in [5.41, 5.74) is 2.45. The number of nitrogens with one attached hydrogen (secondary N) is 1. The summed E-state index contributed by atoms with van der Waals surface area (Å²) in [7, 11) is 0. The van der Waals surface area contributed by atoms with Crippen molar-refractivity contribution in [2.45, 2.75) is 26.3 Å². The summed E-state index contributed by atoms with van der Waals surface area (Å²) in [6.45, 7) is 3.95. The van der Waals surface area contributed by atoms with Gasteiger partial charge in [-0.05, 0) is 43.7 Å². The van der Waals surface area contributed by atoms with Crippen molar-refractivity contribution >= 4 is 11.6 Å². The Bertz CT molecular complexity index is 841. The molecule has 3 aromatic rings. The zero-order valence-electron chi connectivity index (χ0n) is 13.0. The van der Waals surface area contributed by atoms with Gasteiger partial charge in [0.2, 0.25) is 0 Å². The topological polar surface area (TPSA) is 59.3 Å². The summed E-state index contributed by atoms with van der Waals surface area (Å²) < 4.78 is 14.7. The molecule has 0 radical (unpaired) electrons. The molecule has 0 bridgehead atoms. The highest BCUT2D eigenvalue weighted by atomic mass is 19.1. The molecule has 2 heterocycles. The number of rotatable bonds is 4. The van der Waals surface area contributed by atoms with Crippen molar-refractivity contribution in [3.05, 3.63) is 54.1 Å². The molecule has 6 heteroatoms. The molecule has 1 aromatic carbocycles. The minimum atomic E-state index is -0.298. The summed E-state index contributed by atoms with van der Waals surface area (Å²) in [4.78, 5) is 16.6. The standard InChI is InChI=1S/C17H17FN4O/c1-3-11(2)21-17(23)14-10-20-22-15(8-9-19-16(14)22)12-4-6-13(18)7-5-12/h4-11H,3H2,1-2H3,(H,21,23)/t11-/m0/s1. The smallest absolute Gasteiger partial charge is 0.256 e. The Kier molecular flexibility index (Phi) is 4.06. The van der Waals surface area contributed by atoms with Crippen LogP contribution in [0.2, 0.25) is 0 Å². The first-order chi connectivity index (χ1) is 11.1. The average Bonchev–Trinajstić information content (AvgIpc) is 2.99. The van der Waals surface area contributed by atoms with Crippen LogP contribution in [0.1, 0.15) is 30.6 Å². The van der Waals surface area contributed by atoms with E-state index in [0.29, 0.717) is 11.2 Å². The van der Waals surface area contributed by atoms with E-state index < -0.39 is 0 Å². The molecule has 0 aliphatic rings. The maximum absolute atomic E-state index is 13.1. The van der Waals surface area contributed by atoms with Crippen molar-refractivity contribution in [1.82, 2.24) is 19.9 Å². The van der Waals surface area contributed by atoms with Gasteiger partial charge in [-0.1, -0.05) is 6.92 Å². The second-order valence-electron chi connectivity index (χ2n) is 5.41. The second-order valence-corrected chi connectivity index (χ2v) is 5.41. The van der Waals surface area contributed by atoms with Gasteiger partial charge in [-0.2, -0.15) is 5.10 Å². The van der Waals surface area contributed by atoms with Gasteiger partial charge in [-0.3, -0.25) is 4.79 Å². The summed E-state index contributed by atoms with van der Waals surface area (Å²) in [6, 6.07) is 7.99. The molecular formula is C17H17FN4O. The molecule has 1 atom stereocenters. The van der Waals surface area contributed by atoms with Gasteiger partial charge in [-0.25, -0.2) is 13.9 Å². The number of halogens is 1. The number of amides is 1. The van der Waals surface area contributed by atoms with Gasteiger partial charge < -0.3 is 5.32 Å². The third kappa shape index (κ3) is 2.92. The number of fused-ring (bicyclic) bond motifs is 1. The molecular weight excluding hydrogens is 295 g/mol. The number of hydrogen-bond donors (Lipinski definition) is 1. The van der Waals surface area contributed by atoms with Crippen molar-refractivity contribution in [2.24, 2.45) is 0 Å². The number of aromatic nitrogens is 3. The maximum Gasteiger partial charge on any atom is 0.256 e. The molecule has 0 unspecified atom stereocenters. The first-order valence-electron chi connectivity index (χ1n) is 7.49. The van der Waals surface area contributed by atoms with E-state index in [9.17, 15) is 9.18 Å². The predicted octanol–water partition coefficient (Wildman–Crippen LogP) is 3.06. The molecule has 0 saturated heterocycles. The third-order valence-electron chi connectivity index (χ3n) is 3.78. The van der Waals surface area contributed by atoms with Gasteiger partial charge in [0.15, 0.2) is 5.65 Å². The summed E-state index contributed by atoms with van der Waals surface area (Å²) in [5.74, 6) is -0.494. The molecule has 0 spiro atoms. The van der Waals surface area contributed by atoms with Gasteiger partial charge in [0.25, 0.3) is 5.91 Å². The van der Waals surface area contributed by atoms with Gasteiger partial charge >= 0.3 is 0 Å². The largest absolute Gasteiger partial charge is 0.349 e. The quantitative estimate of drug-likeness (QED) is 0.805. The Morgan fingerprint density at radius 1 is 1.30 bits per heavy atom. The van der Waals surface area contributed by atoms with Crippen molar-refractivity contribution in [3.8, 4) is 11.3 Å². The fourth-order valence-corrected chi connectivity index (χ4v) is 2.29. The van der Waals surface area contributed by atoms with E-state index >= 15 is 0 Å². The molecule has 1 N–H and O–H groups in total. The van der Waals surface area contributed by atoms with Crippen LogP contribution in [0.4, 0.5) is 4.39 Å². The molecule has 2 aromatic heterocycles. The van der Waals surface area contributed by atoms with E-state index in [0.717, 1.165) is 17.7 Å². The Balaban J connectivity index is 2.04.